The fraction of sp³-hybridized carbons (Fsp3) is 0.118. The first-order chi connectivity index (χ1) is 12.9. The van der Waals surface area contributed by atoms with Crippen molar-refractivity contribution in [2.24, 2.45) is 5.10 Å². The molecule has 0 unspecified atom stereocenters. The van der Waals surface area contributed by atoms with E-state index in [9.17, 15) is 19.7 Å². The van der Waals surface area contributed by atoms with Crippen LogP contribution in [0, 0.1) is 10.1 Å². The molecular formula is C17H15N3O7. The van der Waals surface area contributed by atoms with Gasteiger partial charge in [-0.2, -0.15) is 5.10 Å². The highest BCUT2D eigenvalue weighted by molar-refractivity contribution is 5.83. The van der Waals surface area contributed by atoms with Gasteiger partial charge in [0, 0.05) is 12.1 Å². The number of non-ortho nitro benzene ring substituents is 1. The van der Waals surface area contributed by atoms with Gasteiger partial charge in [0.05, 0.1) is 11.1 Å². The molecule has 0 bridgehead atoms. The van der Waals surface area contributed by atoms with Crippen LogP contribution in [0.25, 0.3) is 0 Å². The topological polar surface area (TPSA) is 140 Å². The summed E-state index contributed by atoms with van der Waals surface area (Å²) in [6.45, 7) is -0.741. The molecule has 0 heterocycles. The van der Waals surface area contributed by atoms with E-state index in [0.717, 1.165) is 0 Å². The van der Waals surface area contributed by atoms with Crippen molar-refractivity contribution >= 4 is 23.8 Å². The standard InChI is InChI=1S/C17H15N3O7/c21-16(10-26-15-7-3-13(4-8-15)20(24)25)19-18-9-12-1-5-14(6-2-12)27-11-17(22)23/h1-9H,10-11H2,(H,19,21)(H,22,23)/b18-9+. The molecule has 2 rings (SSSR count). The molecule has 1 amide bonds. The smallest absolute Gasteiger partial charge is 0.341 e. The van der Waals surface area contributed by atoms with Crippen LogP contribution < -0.4 is 14.9 Å². The number of ether oxygens (including phenoxy) is 2. The van der Waals surface area contributed by atoms with Crippen LogP contribution in [-0.4, -0.2) is 41.3 Å². The van der Waals surface area contributed by atoms with Gasteiger partial charge in [-0.25, -0.2) is 10.2 Å². The minimum absolute atomic E-state index is 0.0734. The maximum atomic E-state index is 11.7. The molecule has 0 saturated carbocycles. The van der Waals surface area contributed by atoms with Crippen LogP contribution >= 0.6 is 0 Å². The SMILES string of the molecule is O=C(O)COc1ccc(/C=N/NC(=O)COc2ccc([N+](=O)[O-])cc2)cc1. The molecule has 2 aromatic rings. The number of carboxylic acids is 1. The van der Waals surface area contributed by atoms with E-state index in [1.807, 2.05) is 0 Å². The quantitative estimate of drug-likeness (QED) is 0.386. The number of carboxylic acid groups (broad SMARTS) is 1. The number of hydrogen-bond acceptors (Lipinski definition) is 7. The third-order valence-corrected chi connectivity index (χ3v) is 3.06. The summed E-state index contributed by atoms with van der Waals surface area (Å²) in [5, 5.41) is 22.8. The number of nitrogens with one attached hydrogen (secondary N) is 1. The second-order valence-electron chi connectivity index (χ2n) is 5.08. The van der Waals surface area contributed by atoms with Gasteiger partial charge in [-0.3, -0.25) is 14.9 Å². The van der Waals surface area contributed by atoms with E-state index in [1.54, 1.807) is 24.3 Å². The zero-order valence-corrected chi connectivity index (χ0v) is 13.9. The number of carbonyl (C=O) groups excluding carboxylic acids is 1. The number of aliphatic carboxylic acids is 1. The molecule has 0 aliphatic rings. The summed E-state index contributed by atoms with van der Waals surface area (Å²) < 4.78 is 10.2. The van der Waals surface area contributed by atoms with E-state index in [2.05, 4.69) is 10.5 Å². The normalized spacial score (nSPS) is 10.4. The molecule has 0 aliphatic heterocycles. The van der Waals surface area contributed by atoms with E-state index >= 15 is 0 Å². The average Bonchev–Trinajstić information content (AvgIpc) is 2.66. The van der Waals surface area contributed by atoms with Crippen molar-refractivity contribution in [3.05, 3.63) is 64.2 Å². The predicted molar refractivity (Wildman–Crippen MR) is 93.9 cm³/mol. The highest BCUT2D eigenvalue weighted by Gasteiger charge is 2.06. The van der Waals surface area contributed by atoms with Crippen LogP contribution in [0.15, 0.2) is 53.6 Å². The third kappa shape index (κ3) is 6.82. The van der Waals surface area contributed by atoms with E-state index in [1.165, 1.54) is 30.5 Å². The molecular weight excluding hydrogens is 358 g/mol. The van der Waals surface area contributed by atoms with E-state index < -0.39 is 23.4 Å². The number of carbonyl (C=O) groups is 2. The van der Waals surface area contributed by atoms with Gasteiger partial charge in [-0.1, -0.05) is 0 Å². The molecule has 0 aliphatic carbocycles. The molecule has 0 aromatic heterocycles. The number of hydrazone groups is 1. The summed E-state index contributed by atoms with van der Waals surface area (Å²) >= 11 is 0. The van der Waals surface area contributed by atoms with Crippen LogP contribution in [0.2, 0.25) is 0 Å². The van der Waals surface area contributed by atoms with Crippen molar-refractivity contribution in [2.45, 2.75) is 0 Å². The van der Waals surface area contributed by atoms with Crippen molar-refractivity contribution in [1.29, 1.82) is 0 Å². The molecule has 10 nitrogen and oxygen atoms in total. The Hall–Kier alpha value is -3.95. The maximum absolute atomic E-state index is 11.7. The lowest BCUT2D eigenvalue weighted by Gasteiger charge is -2.04. The summed E-state index contributed by atoms with van der Waals surface area (Å²) in [4.78, 5) is 32.1. The molecule has 0 spiro atoms. The van der Waals surface area contributed by atoms with Crippen LogP contribution in [-0.2, 0) is 9.59 Å². The van der Waals surface area contributed by atoms with Gasteiger partial charge in [0.15, 0.2) is 13.2 Å². The summed E-state index contributed by atoms with van der Waals surface area (Å²) in [5.41, 5.74) is 2.86. The largest absolute Gasteiger partial charge is 0.484 e. The average molecular weight is 373 g/mol. The first kappa shape index (κ1) is 19.4. The molecule has 0 saturated heterocycles. The lowest BCUT2D eigenvalue weighted by atomic mass is 10.2. The first-order valence-electron chi connectivity index (χ1n) is 7.58. The molecule has 0 radical (unpaired) electrons. The van der Waals surface area contributed by atoms with E-state index in [-0.39, 0.29) is 12.3 Å². The fourth-order valence-corrected chi connectivity index (χ4v) is 1.82. The molecule has 10 heteroatoms. The highest BCUT2D eigenvalue weighted by Crippen LogP contribution is 2.17. The van der Waals surface area contributed by atoms with E-state index in [0.29, 0.717) is 17.1 Å². The Balaban J connectivity index is 1.75. The highest BCUT2D eigenvalue weighted by atomic mass is 16.6. The monoisotopic (exact) mass is 373 g/mol. The molecule has 2 aromatic carbocycles. The van der Waals surface area contributed by atoms with Crippen molar-refractivity contribution in [1.82, 2.24) is 5.43 Å². The zero-order valence-electron chi connectivity index (χ0n) is 13.9. The first-order valence-corrected chi connectivity index (χ1v) is 7.58. The number of nitro groups is 1. The Morgan fingerprint density at radius 2 is 1.59 bits per heavy atom. The third-order valence-electron chi connectivity index (χ3n) is 3.06. The molecule has 0 fully saturated rings. The van der Waals surface area contributed by atoms with Crippen molar-refractivity contribution in [3.63, 3.8) is 0 Å². The zero-order chi connectivity index (χ0) is 19.6. The van der Waals surface area contributed by atoms with Gasteiger partial charge >= 0.3 is 5.97 Å². The second-order valence-corrected chi connectivity index (χ2v) is 5.08. The Morgan fingerprint density at radius 3 is 2.15 bits per heavy atom. The minimum Gasteiger partial charge on any atom is -0.484 e. The number of nitro benzene ring substituents is 1. The van der Waals surface area contributed by atoms with Crippen LogP contribution in [0.1, 0.15) is 5.56 Å². The molecule has 27 heavy (non-hydrogen) atoms. The van der Waals surface area contributed by atoms with E-state index in [4.69, 9.17) is 14.6 Å². The second kappa shape index (κ2) is 9.51. The Morgan fingerprint density at radius 1 is 1.04 bits per heavy atom. The summed E-state index contributed by atoms with van der Waals surface area (Å²) in [5.74, 6) is -0.864. The summed E-state index contributed by atoms with van der Waals surface area (Å²) in [7, 11) is 0. The van der Waals surface area contributed by atoms with Crippen molar-refractivity contribution in [3.8, 4) is 11.5 Å². The maximum Gasteiger partial charge on any atom is 0.341 e. The van der Waals surface area contributed by atoms with Gasteiger partial charge in [-0.05, 0) is 42.0 Å². The van der Waals surface area contributed by atoms with Gasteiger partial charge in [0.1, 0.15) is 11.5 Å². The number of rotatable bonds is 9. The van der Waals surface area contributed by atoms with Crippen LogP contribution in [0.3, 0.4) is 0 Å². The van der Waals surface area contributed by atoms with Gasteiger partial charge < -0.3 is 14.6 Å². The van der Waals surface area contributed by atoms with Crippen LogP contribution in [0.4, 0.5) is 5.69 Å². The lowest BCUT2D eigenvalue weighted by Crippen LogP contribution is -2.24. The predicted octanol–water partition coefficient (Wildman–Crippen LogP) is 1.59. The Labute approximate surface area is 153 Å². The lowest BCUT2D eigenvalue weighted by molar-refractivity contribution is -0.384. The number of hydrogen-bond donors (Lipinski definition) is 2. The minimum atomic E-state index is -1.07. The molecule has 0 atom stereocenters. The summed E-state index contributed by atoms with van der Waals surface area (Å²) in [6, 6.07) is 11.8. The van der Waals surface area contributed by atoms with Gasteiger partial charge in [0.25, 0.3) is 11.6 Å². The molecule has 140 valence electrons. The Kier molecular flexibility index (Phi) is 6.83. The Bertz CT molecular complexity index is 833. The van der Waals surface area contributed by atoms with Gasteiger partial charge in [0.2, 0.25) is 0 Å². The van der Waals surface area contributed by atoms with Gasteiger partial charge in [-0.15, -0.1) is 0 Å². The fourth-order valence-electron chi connectivity index (χ4n) is 1.82. The van der Waals surface area contributed by atoms with Crippen molar-refractivity contribution in [2.75, 3.05) is 13.2 Å². The molecule has 2 N–H and O–H groups in total. The number of amides is 1. The number of benzene rings is 2. The van der Waals surface area contributed by atoms with Crippen LogP contribution in [0.5, 0.6) is 11.5 Å². The summed E-state index contributed by atoms with van der Waals surface area (Å²) in [6.07, 6.45) is 1.39. The van der Waals surface area contributed by atoms with Crippen molar-refractivity contribution < 1.29 is 29.1 Å². The number of nitrogens with zero attached hydrogens (tertiary/aromatic N) is 2.